The molecular weight excluding hydrogens is 306 g/mol. The van der Waals surface area contributed by atoms with Crippen LogP contribution in [0.5, 0.6) is 0 Å². The molecule has 1 aromatic heterocycles. The van der Waals surface area contributed by atoms with Gasteiger partial charge in [0.15, 0.2) is 0 Å². The third-order valence-electron chi connectivity index (χ3n) is 3.92. The van der Waals surface area contributed by atoms with Gasteiger partial charge in [0.05, 0.1) is 6.10 Å². The van der Waals surface area contributed by atoms with E-state index in [9.17, 15) is 9.90 Å². The van der Waals surface area contributed by atoms with Crippen molar-refractivity contribution in [3.63, 3.8) is 0 Å². The summed E-state index contributed by atoms with van der Waals surface area (Å²) in [5, 5.41) is 12.5. The van der Waals surface area contributed by atoms with E-state index in [1.54, 1.807) is 18.5 Å². The van der Waals surface area contributed by atoms with Crippen molar-refractivity contribution in [1.29, 1.82) is 0 Å². The van der Waals surface area contributed by atoms with Gasteiger partial charge in [-0.2, -0.15) is 0 Å². The number of β-amino-alcohol motifs (C(OH)–C–C–N with tert-alkyl or cyclic N) is 1. The van der Waals surface area contributed by atoms with E-state index in [1.165, 1.54) is 6.08 Å². The van der Waals surface area contributed by atoms with Gasteiger partial charge in [0.2, 0.25) is 11.9 Å². The molecule has 0 aliphatic carbocycles. The molecule has 2 heterocycles. The zero-order valence-electron chi connectivity index (χ0n) is 14.5. The van der Waals surface area contributed by atoms with Crippen LogP contribution in [-0.2, 0) is 4.79 Å². The first-order valence-corrected chi connectivity index (χ1v) is 8.40. The number of hydrogen-bond acceptors (Lipinski definition) is 6. The molecule has 1 saturated heterocycles. The second-order valence-corrected chi connectivity index (χ2v) is 6.29. The normalized spacial score (nSPS) is 18.7. The van der Waals surface area contributed by atoms with Crippen LogP contribution in [0, 0.1) is 0 Å². The summed E-state index contributed by atoms with van der Waals surface area (Å²) in [6, 6.07) is 0. The number of nitrogens with one attached hydrogen (secondary N) is 1. The molecule has 2 rings (SSSR count). The lowest BCUT2D eigenvalue weighted by atomic mass is 10.1. The van der Waals surface area contributed by atoms with Crippen LogP contribution in [0.1, 0.15) is 24.8 Å². The van der Waals surface area contributed by atoms with Gasteiger partial charge < -0.3 is 20.2 Å². The van der Waals surface area contributed by atoms with Crippen LogP contribution < -0.4 is 10.2 Å². The summed E-state index contributed by atoms with van der Waals surface area (Å²) in [7, 11) is 3.76. The van der Waals surface area contributed by atoms with Crippen LogP contribution >= 0.6 is 0 Å². The molecule has 7 heteroatoms. The van der Waals surface area contributed by atoms with E-state index in [4.69, 9.17) is 0 Å². The topological polar surface area (TPSA) is 81.6 Å². The fraction of sp³-hybridized carbons (Fsp3) is 0.588. The van der Waals surface area contributed by atoms with Gasteiger partial charge in [-0.3, -0.25) is 4.79 Å². The molecule has 7 nitrogen and oxygen atoms in total. The molecule has 0 saturated carbocycles. The Labute approximate surface area is 143 Å². The van der Waals surface area contributed by atoms with Crippen molar-refractivity contribution in [1.82, 2.24) is 20.2 Å². The monoisotopic (exact) mass is 333 g/mol. The van der Waals surface area contributed by atoms with Gasteiger partial charge in [-0.1, -0.05) is 0 Å². The van der Waals surface area contributed by atoms with Crippen molar-refractivity contribution >= 4 is 17.9 Å². The second-order valence-electron chi connectivity index (χ2n) is 6.29. The molecule has 132 valence electrons. The lowest BCUT2D eigenvalue weighted by Gasteiger charge is -2.29. The van der Waals surface area contributed by atoms with Gasteiger partial charge in [-0.15, -0.1) is 0 Å². The summed E-state index contributed by atoms with van der Waals surface area (Å²) in [5.41, 5.74) is 0.790. The Morgan fingerprint density at radius 3 is 2.88 bits per heavy atom. The highest BCUT2D eigenvalue weighted by molar-refractivity contribution is 5.91. The smallest absolute Gasteiger partial charge is 0.244 e. The minimum Gasteiger partial charge on any atom is -0.392 e. The highest BCUT2D eigenvalue weighted by atomic mass is 16.3. The Bertz CT molecular complexity index is 544. The first-order chi connectivity index (χ1) is 11.5. The number of aromatic nitrogens is 2. The van der Waals surface area contributed by atoms with Crippen LogP contribution in [0.25, 0.3) is 6.08 Å². The van der Waals surface area contributed by atoms with Gasteiger partial charge in [0, 0.05) is 51.2 Å². The maximum Gasteiger partial charge on any atom is 0.244 e. The maximum atomic E-state index is 11.8. The second kappa shape index (κ2) is 9.34. The number of anilines is 1. The van der Waals surface area contributed by atoms with Crippen LogP contribution in [-0.4, -0.2) is 72.3 Å². The number of amides is 1. The Morgan fingerprint density at radius 1 is 1.46 bits per heavy atom. The average Bonchev–Trinajstić information content (AvgIpc) is 2.57. The van der Waals surface area contributed by atoms with Crippen molar-refractivity contribution in [2.24, 2.45) is 0 Å². The number of carbonyl (C=O) groups excluding carboxylic acids is 1. The van der Waals surface area contributed by atoms with Gasteiger partial charge in [0.1, 0.15) is 0 Å². The molecule has 0 bridgehead atoms. The molecule has 1 unspecified atom stereocenters. The molecule has 2 N–H and O–H groups in total. The van der Waals surface area contributed by atoms with E-state index in [0.717, 1.165) is 44.5 Å². The quantitative estimate of drug-likeness (QED) is 0.559. The largest absolute Gasteiger partial charge is 0.392 e. The van der Waals surface area contributed by atoms with E-state index in [1.807, 2.05) is 19.0 Å². The third-order valence-corrected chi connectivity index (χ3v) is 3.92. The number of hydrogen-bond donors (Lipinski definition) is 2. The molecule has 0 radical (unpaired) electrons. The molecule has 1 aliphatic heterocycles. The minimum atomic E-state index is -0.197. The standard InChI is InChI=1S/C17H27N5O2/c1-21(2)17-19-11-14(12-20-17)6-7-16(24)18-8-4-10-22-9-3-5-15(23)13-22/h6-7,11-12,15,23H,3-5,8-10,13H2,1-2H3,(H,18,24)/b7-6+. The number of aliphatic hydroxyl groups excluding tert-OH is 1. The average molecular weight is 333 g/mol. The maximum absolute atomic E-state index is 11.8. The van der Waals surface area contributed by atoms with E-state index < -0.39 is 0 Å². The lowest BCUT2D eigenvalue weighted by Crippen LogP contribution is -2.39. The van der Waals surface area contributed by atoms with E-state index >= 15 is 0 Å². The summed E-state index contributed by atoms with van der Waals surface area (Å²) in [5.74, 6) is 0.518. The highest BCUT2D eigenvalue weighted by Crippen LogP contribution is 2.09. The first kappa shape index (κ1) is 18.4. The molecule has 0 aromatic carbocycles. The van der Waals surface area contributed by atoms with Crippen LogP contribution in [0.4, 0.5) is 5.95 Å². The SMILES string of the molecule is CN(C)c1ncc(/C=C/C(=O)NCCCN2CCCC(O)C2)cn1. The lowest BCUT2D eigenvalue weighted by molar-refractivity contribution is -0.116. The Morgan fingerprint density at radius 2 is 2.21 bits per heavy atom. The Hall–Kier alpha value is -1.99. The van der Waals surface area contributed by atoms with Gasteiger partial charge in [-0.05, 0) is 38.4 Å². The highest BCUT2D eigenvalue weighted by Gasteiger charge is 2.16. The predicted octanol–water partition coefficient (Wildman–Crippen LogP) is 0.519. The van der Waals surface area contributed by atoms with Crippen LogP contribution in [0.15, 0.2) is 18.5 Å². The summed E-state index contributed by atoms with van der Waals surface area (Å²) in [6.07, 6.45) is 9.21. The molecule has 24 heavy (non-hydrogen) atoms. The molecule has 1 fully saturated rings. The van der Waals surface area contributed by atoms with E-state index in [0.29, 0.717) is 12.5 Å². The number of piperidine rings is 1. The number of rotatable bonds is 7. The molecule has 1 aromatic rings. The van der Waals surface area contributed by atoms with Crippen LogP contribution in [0.2, 0.25) is 0 Å². The third kappa shape index (κ3) is 6.25. The van der Waals surface area contributed by atoms with Crippen LogP contribution in [0.3, 0.4) is 0 Å². The van der Waals surface area contributed by atoms with Crippen molar-refractivity contribution in [3.8, 4) is 0 Å². The van der Waals surface area contributed by atoms with Crippen molar-refractivity contribution in [2.75, 3.05) is 45.2 Å². The number of nitrogens with zero attached hydrogens (tertiary/aromatic N) is 4. The Kier molecular flexibility index (Phi) is 7.14. The summed E-state index contributed by atoms with van der Waals surface area (Å²) in [4.78, 5) is 24.3. The van der Waals surface area contributed by atoms with Gasteiger partial charge >= 0.3 is 0 Å². The fourth-order valence-corrected chi connectivity index (χ4v) is 2.63. The van der Waals surface area contributed by atoms with E-state index in [2.05, 4.69) is 20.2 Å². The number of carbonyl (C=O) groups is 1. The minimum absolute atomic E-state index is 0.120. The molecule has 0 spiro atoms. The number of likely N-dealkylation sites (tertiary alicyclic amines) is 1. The van der Waals surface area contributed by atoms with Crippen molar-refractivity contribution in [3.05, 3.63) is 24.0 Å². The fourth-order valence-electron chi connectivity index (χ4n) is 2.63. The summed E-state index contributed by atoms with van der Waals surface area (Å²) >= 11 is 0. The number of aliphatic hydroxyl groups is 1. The van der Waals surface area contributed by atoms with Gasteiger partial charge in [0.25, 0.3) is 0 Å². The molecule has 1 atom stereocenters. The molecule has 1 amide bonds. The van der Waals surface area contributed by atoms with E-state index in [-0.39, 0.29) is 12.0 Å². The van der Waals surface area contributed by atoms with Crippen molar-refractivity contribution < 1.29 is 9.90 Å². The zero-order valence-corrected chi connectivity index (χ0v) is 14.5. The first-order valence-electron chi connectivity index (χ1n) is 8.40. The van der Waals surface area contributed by atoms with Crippen molar-refractivity contribution in [2.45, 2.75) is 25.4 Å². The summed E-state index contributed by atoms with van der Waals surface area (Å²) in [6.45, 7) is 3.32. The summed E-state index contributed by atoms with van der Waals surface area (Å²) < 4.78 is 0. The molecular formula is C17H27N5O2. The van der Waals surface area contributed by atoms with Gasteiger partial charge in [-0.25, -0.2) is 9.97 Å². The predicted molar refractivity (Wildman–Crippen MR) is 94.7 cm³/mol. The Balaban J connectivity index is 1.65. The molecule has 1 aliphatic rings. The zero-order chi connectivity index (χ0) is 17.4.